The second-order valence-corrected chi connectivity index (χ2v) is 8.96. The number of nitrogens with zero attached hydrogens (tertiary/aromatic N) is 2. The van der Waals surface area contributed by atoms with Crippen molar-refractivity contribution in [2.24, 2.45) is 0 Å². The minimum absolute atomic E-state index is 0.0254. The number of methoxy groups -OCH3 is 1. The summed E-state index contributed by atoms with van der Waals surface area (Å²) in [5.41, 5.74) is 5.53. The lowest BCUT2D eigenvalue weighted by molar-refractivity contribution is 0.195. The maximum absolute atomic E-state index is 9.53. The normalized spacial score (nSPS) is 15.1. The predicted molar refractivity (Wildman–Crippen MR) is 124 cm³/mol. The fourth-order valence-electron chi connectivity index (χ4n) is 4.07. The monoisotopic (exact) mass is 433 g/mol. The fraction of sp³-hybridized carbons (Fsp3) is 0.360. The van der Waals surface area contributed by atoms with E-state index in [1.807, 2.05) is 38.2 Å². The molecular weight excluding hydrogens is 406 g/mol. The van der Waals surface area contributed by atoms with E-state index in [0.29, 0.717) is 17.4 Å². The van der Waals surface area contributed by atoms with Gasteiger partial charge in [0.15, 0.2) is 0 Å². The van der Waals surface area contributed by atoms with Crippen LogP contribution in [0.25, 0.3) is 21.0 Å². The number of hydrogen-bond acceptors (Lipinski definition) is 6. The Kier molecular flexibility index (Phi) is 6.67. The number of fused-ring (bicyclic) bond motifs is 1. The summed E-state index contributed by atoms with van der Waals surface area (Å²) in [6, 6.07) is 14.9. The van der Waals surface area contributed by atoms with E-state index in [0.717, 1.165) is 41.4 Å². The van der Waals surface area contributed by atoms with Crippen LogP contribution < -0.4 is 10.1 Å². The van der Waals surface area contributed by atoms with E-state index < -0.39 is 0 Å². The van der Waals surface area contributed by atoms with Crippen LogP contribution in [0, 0.1) is 11.3 Å². The van der Waals surface area contributed by atoms with Gasteiger partial charge in [-0.15, -0.1) is 11.3 Å². The van der Waals surface area contributed by atoms with Crippen LogP contribution in [0.4, 0.5) is 0 Å². The van der Waals surface area contributed by atoms with Crippen molar-refractivity contribution in [2.45, 2.75) is 38.8 Å². The van der Waals surface area contributed by atoms with Gasteiger partial charge >= 0.3 is 0 Å². The van der Waals surface area contributed by atoms with Gasteiger partial charge in [-0.05, 0) is 61.6 Å². The summed E-state index contributed by atoms with van der Waals surface area (Å²) < 4.78 is 10.9. The molecule has 0 bridgehead atoms. The Morgan fingerprint density at radius 1 is 1.29 bits per heavy atom. The van der Waals surface area contributed by atoms with Crippen LogP contribution in [-0.4, -0.2) is 31.3 Å². The van der Waals surface area contributed by atoms with Gasteiger partial charge in [-0.1, -0.05) is 18.2 Å². The van der Waals surface area contributed by atoms with Gasteiger partial charge in [-0.3, -0.25) is 0 Å². The second kappa shape index (κ2) is 9.61. The number of benzene rings is 2. The van der Waals surface area contributed by atoms with Crippen molar-refractivity contribution in [1.82, 2.24) is 10.3 Å². The van der Waals surface area contributed by atoms with Gasteiger partial charge in [0.05, 0.1) is 23.2 Å². The maximum atomic E-state index is 9.53. The van der Waals surface area contributed by atoms with Crippen molar-refractivity contribution in [2.75, 3.05) is 20.3 Å². The Labute approximate surface area is 187 Å². The molecule has 0 unspecified atom stereocenters. The molecule has 1 aromatic heterocycles. The minimum atomic E-state index is 0.0254. The average molecular weight is 434 g/mol. The Hall–Kier alpha value is -2.72. The third-order valence-electron chi connectivity index (χ3n) is 5.45. The van der Waals surface area contributed by atoms with E-state index in [9.17, 15) is 5.26 Å². The van der Waals surface area contributed by atoms with Crippen molar-refractivity contribution < 1.29 is 9.47 Å². The number of thiazole rings is 1. The molecule has 1 aliphatic carbocycles. The first-order chi connectivity index (χ1) is 15.1. The minimum Gasteiger partial charge on any atom is -0.490 e. The molecule has 1 N–H and O–H groups in total. The number of hydrogen-bond donors (Lipinski definition) is 1. The first-order valence-electron chi connectivity index (χ1n) is 10.6. The SMILES string of the molecule is COCCN[C@@H]1CCc2c(-c3cnc(-c4ccc(OC(C)C)c(C#N)c4)s3)cccc21. The van der Waals surface area contributed by atoms with Crippen molar-refractivity contribution in [3.05, 3.63) is 59.3 Å². The van der Waals surface area contributed by atoms with Crippen LogP contribution in [0.5, 0.6) is 5.75 Å². The summed E-state index contributed by atoms with van der Waals surface area (Å²) in [6.45, 7) is 5.49. The molecule has 2 aromatic carbocycles. The molecule has 1 aliphatic rings. The Morgan fingerprint density at radius 2 is 2.16 bits per heavy atom. The lowest BCUT2D eigenvalue weighted by Gasteiger charge is -2.14. The van der Waals surface area contributed by atoms with Gasteiger partial charge in [0.2, 0.25) is 0 Å². The van der Waals surface area contributed by atoms with Crippen molar-refractivity contribution in [1.29, 1.82) is 5.26 Å². The quantitative estimate of drug-likeness (QED) is 0.485. The van der Waals surface area contributed by atoms with Gasteiger partial charge in [-0.2, -0.15) is 5.26 Å². The molecule has 0 aliphatic heterocycles. The highest BCUT2D eigenvalue weighted by molar-refractivity contribution is 7.18. The van der Waals surface area contributed by atoms with E-state index in [2.05, 4.69) is 34.6 Å². The van der Waals surface area contributed by atoms with E-state index in [4.69, 9.17) is 9.47 Å². The molecule has 0 spiro atoms. The largest absolute Gasteiger partial charge is 0.490 e. The molecule has 1 atom stereocenters. The molecule has 6 heteroatoms. The zero-order chi connectivity index (χ0) is 21.8. The highest BCUT2D eigenvalue weighted by Gasteiger charge is 2.25. The Morgan fingerprint density at radius 3 is 2.94 bits per heavy atom. The molecular formula is C25H27N3O2S. The summed E-state index contributed by atoms with van der Waals surface area (Å²) in [5.74, 6) is 0.617. The van der Waals surface area contributed by atoms with E-state index in [1.54, 1.807) is 18.4 Å². The zero-order valence-electron chi connectivity index (χ0n) is 18.1. The molecule has 0 fully saturated rings. The Bertz CT molecular complexity index is 1100. The van der Waals surface area contributed by atoms with E-state index in [-0.39, 0.29) is 6.10 Å². The first-order valence-corrected chi connectivity index (χ1v) is 11.4. The molecule has 160 valence electrons. The molecule has 0 saturated heterocycles. The van der Waals surface area contributed by atoms with Crippen molar-refractivity contribution in [3.63, 3.8) is 0 Å². The van der Waals surface area contributed by atoms with Gasteiger partial charge in [0, 0.05) is 31.5 Å². The lowest BCUT2D eigenvalue weighted by atomic mass is 10.0. The van der Waals surface area contributed by atoms with E-state index >= 15 is 0 Å². The molecule has 1 heterocycles. The number of ether oxygens (including phenoxy) is 2. The molecule has 0 radical (unpaired) electrons. The highest BCUT2D eigenvalue weighted by atomic mass is 32.1. The van der Waals surface area contributed by atoms with Gasteiger partial charge in [-0.25, -0.2) is 4.98 Å². The zero-order valence-corrected chi connectivity index (χ0v) is 19.0. The maximum Gasteiger partial charge on any atom is 0.137 e. The van der Waals surface area contributed by atoms with Crippen LogP contribution >= 0.6 is 11.3 Å². The smallest absolute Gasteiger partial charge is 0.137 e. The van der Waals surface area contributed by atoms with Crippen LogP contribution in [0.2, 0.25) is 0 Å². The predicted octanol–water partition coefficient (Wildman–Crippen LogP) is 5.36. The lowest BCUT2D eigenvalue weighted by Crippen LogP contribution is -2.23. The summed E-state index contributed by atoms with van der Waals surface area (Å²) in [5, 5.41) is 14.0. The van der Waals surface area contributed by atoms with Crippen molar-refractivity contribution in [3.8, 4) is 32.8 Å². The second-order valence-electron chi connectivity index (χ2n) is 7.93. The summed E-state index contributed by atoms with van der Waals surface area (Å²) in [6.07, 6.45) is 4.14. The molecule has 5 nitrogen and oxygen atoms in total. The molecule has 31 heavy (non-hydrogen) atoms. The van der Waals surface area contributed by atoms with Crippen LogP contribution in [-0.2, 0) is 11.2 Å². The number of nitriles is 1. The molecule has 0 amide bonds. The third-order valence-corrected chi connectivity index (χ3v) is 6.53. The third kappa shape index (κ3) is 4.64. The topological polar surface area (TPSA) is 67.2 Å². The standard InChI is InChI=1S/C25H27N3O2S/c1-16(2)30-23-10-7-17(13-18(23)14-26)25-28-15-24(31-25)21-6-4-5-20-19(21)8-9-22(20)27-11-12-29-3/h4-7,10,13,15-16,22,27H,8-9,11-12H2,1-3H3/t22-/m1/s1. The van der Waals surface area contributed by atoms with Crippen LogP contribution in [0.1, 0.15) is 43.0 Å². The van der Waals surface area contributed by atoms with Crippen LogP contribution in [0.3, 0.4) is 0 Å². The number of rotatable bonds is 8. The van der Waals surface area contributed by atoms with Gasteiger partial charge in [0.1, 0.15) is 16.8 Å². The van der Waals surface area contributed by atoms with E-state index in [1.165, 1.54) is 16.7 Å². The van der Waals surface area contributed by atoms with Gasteiger partial charge < -0.3 is 14.8 Å². The Balaban J connectivity index is 1.60. The fourth-order valence-corrected chi connectivity index (χ4v) is 5.04. The summed E-state index contributed by atoms with van der Waals surface area (Å²) in [7, 11) is 1.73. The van der Waals surface area contributed by atoms with Crippen LogP contribution in [0.15, 0.2) is 42.6 Å². The first kappa shape index (κ1) is 21.5. The van der Waals surface area contributed by atoms with Gasteiger partial charge in [0.25, 0.3) is 0 Å². The number of aromatic nitrogens is 1. The summed E-state index contributed by atoms with van der Waals surface area (Å²) in [4.78, 5) is 5.83. The highest BCUT2D eigenvalue weighted by Crippen LogP contribution is 2.41. The van der Waals surface area contributed by atoms with Crippen molar-refractivity contribution >= 4 is 11.3 Å². The summed E-state index contributed by atoms with van der Waals surface area (Å²) >= 11 is 1.67. The molecule has 4 rings (SSSR count). The molecule has 3 aromatic rings. The average Bonchev–Trinajstić information content (AvgIpc) is 3.41. The molecule has 0 saturated carbocycles. The number of nitrogens with one attached hydrogen (secondary N) is 1.